The zero-order valence-electron chi connectivity index (χ0n) is 11.3. The van der Waals surface area contributed by atoms with Crippen molar-refractivity contribution in [1.29, 1.82) is 0 Å². The van der Waals surface area contributed by atoms with Gasteiger partial charge in [0.25, 0.3) is 0 Å². The van der Waals surface area contributed by atoms with Crippen LogP contribution in [0.1, 0.15) is 41.0 Å². The fourth-order valence-electron chi connectivity index (χ4n) is 2.40. The third kappa shape index (κ3) is 3.78. The van der Waals surface area contributed by atoms with Gasteiger partial charge in [0.15, 0.2) is 0 Å². The van der Waals surface area contributed by atoms with E-state index in [0.717, 1.165) is 13.0 Å². The summed E-state index contributed by atoms with van der Waals surface area (Å²) in [4.78, 5) is 0. The summed E-state index contributed by atoms with van der Waals surface area (Å²) in [5.41, 5.74) is 0. The Balaban J connectivity index is 2.52. The van der Waals surface area contributed by atoms with E-state index >= 15 is 0 Å². The molecular formula is C13H25BO2. The summed E-state index contributed by atoms with van der Waals surface area (Å²) in [6.45, 7) is 11.3. The molecule has 0 N–H and O–H groups in total. The molecule has 2 nitrogen and oxygen atoms in total. The van der Waals surface area contributed by atoms with Crippen molar-refractivity contribution in [3.63, 3.8) is 0 Å². The number of hydrogen-bond acceptors (Lipinski definition) is 2. The van der Waals surface area contributed by atoms with E-state index in [4.69, 9.17) is 17.3 Å². The summed E-state index contributed by atoms with van der Waals surface area (Å²) in [6.07, 6.45) is 1.82. The molecule has 1 unspecified atom stereocenters. The first-order valence-corrected chi connectivity index (χ1v) is 6.44. The van der Waals surface area contributed by atoms with Crippen LogP contribution in [0.3, 0.4) is 0 Å². The SMILES string of the molecule is [B][C@@H]1C[C@H](COC(C)C)C(OC(C)C)[C@@H]1C. The number of rotatable bonds is 5. The van der Waals surface area contributed by atoms with Gasteiger partial charge in [0.05, 0.1) is 32.8 Å². The van der Waals surface area contributed by atoms with E-state index in [0.29, 0.717) is 11.8 Å². The highest BCUT2D eigenvalue weighted by atomic mass is 16.5. The van der Waals surface area contributed by atoms with Crippen LogP contribution < -0.4 is 0 Å². The van der Waals surface area contributed by atoms with Gasteiger partial charge < -0.3 is 9.47 Å². The third-order valence-electron chi connectivity index (χ3n) is 3.31. The lowest BCUT2D eigenvalue weighted by molar-refractivity contribution is -0.0602. The van der Waals surface area contributed by atoms with Crippen LogP contribution in [0.15, 0.2) is 0 Å². The summed E-state index contributed by atoms with van der Waals surface area (Å²) >= 11 is 0. The molecule has 1 aliphatic rings. The molecule has 1 rings (SSSR count). The molecule has 0 saturated heterocycles. The first-order chi connectivity index (χ1) is 7.41. The molecule has 1 saturated carbocycles. The molecule has 0 heterocycles. The van der Waals surface area contributed by atoms with Gasteiger partial charge in [0.1, 0.15) is 0 Å². The maximum atomic E-state index is 6.11. The van der Waals surface area contributed by atoms with Gasteiger partial charge in [0, 0.05) is 5.92 Å². The Morgan fingerprint density at radius 2 is 1.81 bits per heavy atom. The Bertz CT molecular complexity index is 206. The van der Waals surface area contributed by atoms with Crippen LogP contribution in [0.4, 0.5) is 0 Å². The first-order valence-electron chi connectivity index (χ1n) is 6.44. The molecule has 1 aliphatic carbocycles. The fraction of sp³-hybridized carbons (Fsp3) is 1.00. The summed E-state index contributed by atoms with van der Waals surface area (Å²) in [6, 6.07) is 0. The average Bonchev–Trinajstić information content (AvgIpc) is 2.42. The van der Waals surface area contributed by atoms with Crippen LogP contribution in [0.2, 0.25) is 5.82 Å². The normalized spacial score (nSPS) is 35.2. The first kappa shape index (κ1) is 14.0. The van der Waals surface area contributed by atoms with Gasteiger partial charge in [-0.2, -0.15) is 0 Å². The van der Waals surface area contributed by atoms with E-state index in [-0.39, 0.29) is 24.1 Å². The highest BCUT2D eigenvalue weighted by Gasteiger charge is 2.39. The van der Waals surface area contributed by atoms with E-state index in [1.807, 2.05) is 0 Å². The summed E-state index contributed by atoms with van der Waals surface area (Å²) in [5, 5.41) is 0. The van der Waals surface area contributed by atoms with E-state index in [1.165, 1.54) is 0 Å². The number of ether oxygens (including phenoxy) is 2. The van der Waals surface area contributed by atoms with Crippen molar-refractivity contribution in [2.45, 2.75) is 65.2 Å². The van der Waals surface area contributed by atoms with Crippen LogP contribution in [-0.2, 0) is 9.47 Å². The highest BCUT2D eigenvalue weighted by molar-refractivity contribution is 6.12. The lowest BCUT2D eigenvalue weighted by Gasteiger charge is -2.26. The molecule has 0 bridgehead atoms. The minimum atomic E-state index is 0.254. The predicted octanol–water partition coefficient (Wildman–Crippen LogP) is 2.82. The van der Waals surface area contributed by atoms with Crippen LogP contribution in [0.5, 0.6) is 0 Å². The zero-order valence-corrected chi connectivity index (χ0v) is 11.3. The number of hydrogen-bond donors (Lipinski definition) is 0. The average molecular weight is 224 g/mol. The molecule has 0 aromatic heterocycles. The molecule has 0 aromatic carbocycles. The van der Waals surface area contributed by atoms with Crippen molar-refractivity contribution in [2.24, 2.45) is 11.8 Å². The second kappa shape index (κ2) is 6.06. The summed E-state index contributed by atoms with van der Waals surface area (Å²) in [7, 11) is 6.11. The van der Waals surface area contributed by atoms with Crippen molar-refractivity contribution in [3.8, 4) is 0 Å². The van der Waals surface area contributed by atoms with Gasteiger partial charge in [-0.25, -0.2) is 0 Å². The molecule has 0 aromatic rings. The smallest absolute Gasteiger partial charge is 0.0704 e. The second-order valence-corrected chi connectivity index (χ2v) is 5.55. The zero-order chi connectivity index (χ0) is 12.3. The van der Waals surface area contributed by atoms with Crippen molar-refractivity contribution in [3.05, 3.63) is 0 Å². The topological polar surface area (TPSA) is 18.5 Å². The molecular weight excluding hydrogens is 199 g/mol. The quantitative estimate of drug-likeness (QED) is 0.668. The summed E-state index contributed by atoms with van der Waals surface area (Å²) < 4.78 is 11.7. The van der Waals surface area contributed by atoms with Gasteiger partial charge in [-0.3, -0.25) is 0 Å². The lowest BCUT2D eigenvalue weighted by atomic mass is 9.79. The van der Waals surface area contributed by atoms with E-state index in [9.17, 15) is 0 Å². The Labute approximate surface area is 101 Å². The van der Waals surface area contributed by atoms with Crippen LogP contribution in [0.25, 0.3) is 0 Å². The van der Waals surface area contributed by atoms with Crippen molar-refractivity contribution in [1.82, 2.24) is 0 Å². The van der Waals surface area contributed by atoms with Gasteiger partial charge >= 0.3 is 0 Å². The lowest BCUT2D eigenvalue weighted by Crippen LogP contribution is -2.30. The van der Waals surface area contributed by atoms with Crippen molar-refractivity contribution >= 4 is 7.85 Å². The summed E-state index contributed by atoms with van der Waals surface area (Å²) in [5.74, 6) is 1.14. The van der Waals surface area contributed by atoms with E-state index < -0.39 is 0 Å². The second-order valence-electron chi connectivity index (χ2n) is 5.55. The van der Waals surface area contributed by atoms with E-state index in [2.05, 4.69) is 34.6 Å². The molecule has 16 heavy (non-hydrogen) atoms. The van der Waals surface area contributed by atoms with Crippen molar-refractivity contribution < 1.29 is 9.47 Å². The monoisotopic (exact) mass is 224 g/mol. The van der Waals surface area contributed by atoms with Gasteiger partial charge in [-0.05, 0) is 33.6 Å². The molecule has 4 atom stereocenters. The van der Waals surface area contributed by atoms with Crippen LogP contribution >= 0.6 is 0 Å². The standard InChI is InChI=1S/C13H25BO2/c1-8(2)15-7-11-6-12(14)10(5)13(11)16-9(3)4/h8-13H,6-7H2,1-5H3/t10-,11-,12-,13?/m1/s1. The van der Waals surface area contributed by atoms with Crippen molar-refractivity contribution in [2.75, 3.05) is 6.61 Å². The Hall–Kier alpha value is -0.0151. The fourth-order valence-corrected chi connectivity index (χ4v) is 2.40. The minimum Gasteiger partial charge on any atom is -0.378 e. The van der Waals surface area contributed by atoms with Gasteiger partial charge in [0.2, 0.25) is 0 Å². The highest BCUT2D eigenvalue weighted by Crippen LogP contribution is 2.41. The third-order valence-corrected chi connectivity index (χ3v) is 3.31. The van der Waals surface area contributed by atoms with Crippen LogP contribution in [0, 0.1) is 11.8 Å². The van der Waals surface area contributed by atoms with E-state index in [1.54, 1.807) is 0 Å². The van der Waals surface area contributed by atoms with Gasteiger partial charge in [-0.15, -0.1) is 0 Å². The Kier molecular flexibility index (Phi) is 5.32. The molecule has 92 valence electrons. The van der Waals surface area contributed by atoms with Gasteiger partial charge in [-0.1, -0.05) is 19.2 Å². The molecule has 0 spiro atoms. The van der Waals surface area contributed by atoms with Crippen LogP contribution in [-0.4, -0.2) is 32.8 Å². The minimum absolute atomic E-state index is 0.254. The Morgan fingerprint density at radius 1 is 1.19 bits per heavy atom. The Morgan fingerprint density at radius 3 is 2.31 bits per heavy atom. The molecule has 2 radical (unpaired) electrons. The maximum absolute atomic E-state index is 6.11. The predicted molar refractivity (Wildman–Crippen MR) is 67.9 cm³/mol. The molecule has 0 aliphatic heterocycles. The molecule has 0 amide bonds. The molecule has 3 heteroatoms. The molecule has 1 fully saturated rings. The maximum Gasteiger partial charge on any atom is 0.0704 e. The largest absolute Gasteiger partial charge is 0.378 e.